The number of hydrogen-bond donors (Lipinski definition) is 0. The second kappa shape index (κ2) is 7.94. The minimum absolute atomic E-state index is 0.491. The maximum absolute atomic E-state index is 11.7. The van der Waals surface area contributed by atoms with Gasteiger partial charge in [0.15, 0.2) is 5.92 Å². The third-order valence-corrected chi connectivity index (χ3v) is 2.88. The molecule has 0 heterocycles. The lowest BCUT2D eigenvalue weighted by Gasteiger charge is -2.17. The second-order valence-electron chi connectivity index (χ2n) is 4.11. The lowest BCUT2D eigenvalue weighted by Crippen LogP contribution is -2.31. The zero-order valence-corrected chi connectivity index (χ0v) is 11.6. The van der Waals surface area contributed by atoms with Crippen LogP contribution in [0.2, 0.25) is 0 Å². The fourth-order valence-corrected chi connectivity index (χ4v) is 1.78. The number of methoxy groups -OCH3 is 2. The molecule has 0 aliphatic carbocycles. The predicted octanol–water partition coefficient (Wildman–Crippen LogP) is 2.46. The van der Waals surface area contributed by atoms with Gasteiger partial charge in [-0.25, -0.2) is 0 Å². The first-order valence-electron chi connectivity index (χ1n) is 6.15. The Hall–Kier alpha value is -2.36. The molecule has 1 atom stereocenters. The maximum atomic E-state index is 11.7. The summed E-state index contributed by atoms with van der Waals surface area (Å²) in [5, 5.41) is 0. The molecule has 0 saturated heterocycles. The summed E-state index contributed by atoms with van der Waals surface area (Å²) < 4.78 is 9.30. The maximum Gasteiger partial charge on any atom is 0.320 e. The van der Waals surface area contributed by atoms with Gasteiger partial charge in [0.1, 0.15) is 0 Å². The van der Waals surface area contributed by atoms with Crippen molar-refractivity contribution in [3.63, 3.8) is 0 Å². The second-order valence-corrected chi connectivity index (χ2v) is 4.11. The van der Waals surface area contributed by atoms with Crippen LogP contribution >= 0.6 is 0 Å². The summed E-state index contributed by atoms with van der Waals surface area (Å²) >= 11 is 0. The molecule has 0 aliphatic rings. The molecule has 4 heteroatoms. The number of carbonyl (C=O) groups excluding carboxylic acids is 2. The monoisotopic (exact) mass is 274 g/mol. The Kier molecular flexibility index (Phi) is 6.23. The summed E-state index contributed by atoms with van der Waals surface area (Å²) in [5.41, 5.74) is 0.966. The molecular formula is C16H18O4. The van der Waals surface area contributed by atoms with Crippen molar-refractivity contribution in [3.8, 4) is 0 Å². The van der Waals surface area contributed by atoms with E-state index in [9.17, 15) is 9.59 Å². The van der Waals surface area contributed by atoms with Crippen molar-refractivity contribution in [2.24, 2.45) is 11.8 Å². The molecule has 1 aromatic rings. The van der Waals surface area contributed by atoms with Crippen LogP contribution in [0.5, 0.6) is 0 Å². The Morgan fingerprint density at radius 2 is 1.65 bits per heavy atom. The fourth-order valence-electron chi connectivity index (χ4n) is 1.78. The molecule has 0 aliphatic heterocycles. The van der Waals surface area contributed by atoms with Crippen LogP contribution in [0.3, 0.4) is 0 Å². The average Bonchev–Trinajstić information content (AvgIpc) is 2.51. The predicted molar refractivity (Wildman–Crippen MR) is 76.7 cm³/mol. The number of esters is 2. The third kappa shape index (κ3) is 4.09. The van der Waals surface area contributed by atoms with Crippen molar-refractivity contribution in [1.82, 2.24) is 0 Å². The molecule has 0 spiro atoms. The molecule has 0 radical (unpaired) electrons. The van der Waals surface area contributed by atoms with Gasteiger partial charge in [0, 0.05) is 5.92 Å². The Morgan fingerprint density at radius 1 is 1.10 bits per heavy atom. The Labute approximate surface area is 118 Å². The zero-order valence-electron chi connectivity index (χ0n) is 11.6. The van der Waals surface area contributed by atoms with Gasteiger partial charge < -0.3 is 9.47 Å². The molecular weight excluding hydrogens is 256 g/mol. The van der Waals surface area contributed by atoms with Crippen LogP contribution in [-0.4, -0.2) is 26.2 Å². The highest BCUT2D eigenvalue weighted by molar-refractivity contribution is 5.95. The highest BCUT2D eigenvalue weighted by Crippen LogP contribution is 2.20. The molecule has 0 saturated carbocycles. The number of ether oxygens (including phenoxy) is 2. The van der Waals surface area contributed by atoms with Gasteiger partial charge in [0.05, 0.1) is 14.2 Å². The van der Waals surface area contributed by atoms with Crippen LogP contribution < -0.4 is 0 Å². The number of benzene rings is 1. The summed E-state index contributed by atoms with van der Waals surface area (Å²) in [4.78, 5) is 23.4. The molecule has 20 heavy (non-hydrogen) atoms. The summed E-state index contributed by atoms with van der Waals surface area (Å²) in [6.45, 7) is 3.66. The SMILES string of the molecule is C=C[C@@H](/C=C/c1ccccc1)C(C(=O)OC)C(=O)OC. The van der Waals surface area contributed by atoms with Crippen LogP contribution in [0.15, 0.2) is 49.1 Å². The number of allylic oxidation sites excluding steroid dienone is 2. The molecule has 0 bridgehead atoms. The third-order valence-electron chi connectivity index (χ3n) is 2.88. The minimum Gasteiger partial charge on any atom is -0.468 e. The smallest absolute Gasteiger partial charge is 0.320 e. The average molecular weight is 274 g/mol. The van der Waals surface area contributed by atoms with E-state index in [1.165, 1.54) is 20.3 Å². The fraction of sp³-hybridized carbons (Fsp3) is 0.250. The number of rotatable bonds is 6. The number of carbonyl (C=O) groups is 2. The Balaban J connectivity index is 2.96. The molecule has 0 N–H and O–H groups in total. The van der Waals surface area contributed by atoms with E-state index in [0.29, 0.717) is 0 Å². The van der Waals surface area contributed by atoms with Gasteiger partial charge in [-0.3, -0.25) is 9.59 Å². The van der Waals surface area contributed by atoms with Gasteiger partial charge in [-0.1, -0.05) is 48.6 Å². The first kappa shape index (κ1) is 15.7. The van der Waals surface area contributed by atoms with Gasteiger partial charge in [-0.15, -0.1) is 6.58 Å². The first-order valence-corrected chi connectivity index (χ1v) is 6.15. The van der Waals surface area contributed by atoms with Crippen molar-refractivity contribution in [1.29, 1.82) is 0 Å². The van der Waals surface area contributed by atoms with Crippen molar-refractivity contribution in [2.45, 2.75) is 0 Å². The molecule has 0 fully saturated rings. The molecule has 0 aromatic heterocycles. The van der Waals surface area contributed by atoms with Crippen molar-refractivity contribution in [3.05, 3.63) is 54.6 Å². The minimum atomic E-state index is -1.04. The molecule has 1 aromatic carbocycles. The lowest BCUT2D eigenvalue weighted by molar-refractivity contribution is -0.159. The summed E-state index contributed by atoms with van der Waals surface area (Å²) in [5.74, 6) is -2.81. The van der Waals surface area contributed by atoms with Crippen LogP contribution in [0.4, 0.5) is 0 Å². The van der Waals surface area contributed by atoms with E-state index in [4.69, 9.17) is 0 Å². The van der Waals surface area contributed by atoms with Crippen molar-refractivity contribution >= 4 is 18.0 Å². The van der Waals surface area contributed by atoms with E-state index in [2.05, 4.69) is 16.1 Å². The first-order chi connectivity index (χ1) is 9.63. The van der Waals surface area contributed by atoms with E-state index in [1.54, 1.807) is 6.08 Å². The summed E-state index contributed by atoms with van der Waals surface area (Å²) in [6, 6.07) is 9.55. The largest absolute Gasteiger partial charge is 0.468 e. The van der Waals surface area contributed by atoms with E-state index < -0.39 is 23.8 Å². The van der Waals surface area contributed by atoms with Crippen LogP contribution in [0.1, 0.15) is 5.56 Å². The van der Waals surface area contributed by atoms with E-state index in [-0.39, 0.29) is 0 Å². The van der Waals surface area contributed by atoms with Gasteiger partial charge in [-0.05, 0) is 5.56 Å². The van der Waals surface area contributed by atoms with E-state index in [0.717, 1.165) is 5.56 Å². The number of hydrogen-bond acceptors (Lipinski definition) is 4. The van der Waals surface area contributed by atoms with Gasteiger partial charge in [0.25, 0.3) is 0 Å². The Bertz CT molecular complexity index is 474. The molecule has 1 rings (SSSR count). The molecule has 0 amide bonds. The van der Waals surface area contributed by atoms with Crippen molar-refractivity contribution in [2.75, 3.05) is 14.2 Å². The van der Waals surface area contributed by atoms with Crippen molar-refractivity contribution < 1.29 is 19.1 Å². The van der Waals surface area contributed by atoms with E-state index in [1.807, 2.05) is 36.4 Å². The van der Waals surface area contributed by atoms with Gasteiger partial charge >= 0.3 is 11.9 Å². The van der Waals surface area contributed by atoms with Gasteiger partial charge in [0.2, 0.25) is 0 Å². The lowest BCUT2D eigenvalue weighted by atomic mass is 9.91. The quantitative estimate of drug-likeness (QED) is 0.454. The van der Waals surface area contributed by atoms with Crippen LogP contribution in [0, 0.1) is 11.8 Å². The van der Waals surface area contributed by atoms with Crippen LogP contribution in [-0.2, 0) is 19.1 Å². The molecule has 0 unspecified atom stereocenters. The zero-order chi connectivity index (χ0) is 15.0. The van der Waals surface area contributed by atoms with Gasteiger partial charge in [-0.2, -0.15) is 0 Å². The Morgan fingerprint density at radius 3 is 2.10 bits per heavy atom. The summed E-state index contributed by atoms with van der Waals surface area (Å²) in [6.07, 6.45) is 5.09. The normalized spacial score (nSPS) is 12.2. The standard InChI is InChI=1S/C16H18O4/c1-4-13(11-10-12-8-6-5-7-9-12)14(15(17)19-2)16(18)20-3/h4-11,13-14H,1H2,2-3H3/b11-10+/t13-/m0/s1. The van der Waals surface area contributed by atoms with Crippen LogP contribution in [0.25, 0.3) is 6.08 Å². The molecule has 4 nitrogen and oxygen atoms in total. The van der Waals surface area contributed by atoms with E-state index >= 15 is 0 Å². The molecule has 106 valence electrons. The highest BCUT2D eigenvalue weighted by atomic mass is 16.5. The topological polar surface area (TPSA) is 52.6 Å². The highest BCUT2D eigenvalue weighted by Gasteiger charge is 2.33. The summed E-state index contributed by atoms with van der Waals surface area (Å²) in [7, 11) is 2.47.